The van der Waals surface area contributed by atoms with Gasteiger partial charge in [0.2, 0.25) is 5.43 Å². The first kappa shape index (κ1) is 63.2. The predicted octanol–water partition coefficient (Wildman–Crippen LogP) is 4.26. The van der Waals surface area contributed by atoms with E-state index in [0.717, 1.165) is 0 Å². The number of esters is 1. The van der Waals surface area contributed by atoms with Crippen LogP contribution in [0.25, 0.3) is 17.0 Å². The van der Waals surface area contributed by atoms with E-state index in [2.05, 4.69) is 0 Å². The van der Waals surface area contributed by atoms with Gasteiger partial charge < -0.3 is 78.2 Å². The Hall–Kier alpha value is -3.61. The van der Waals surface area contributed by atoms with Gasteiger partial charge in [-0.1, -0.05) is 39.0 Å². The molecule has 76 heavy (non-hydrogen) atoms. The van der Waals surface area contributed by atoms with Crippen LogP contribution in [0.5, 0.6) is 0 Å². The summed E-state index contributed by atoms with van der Waals surface area (Å²) >= 11 is 0. The number of pyridine rings is 1. The number of methoxy groups -OCH3 is 1. The van der Waals surface area contributed by atoms with Gasteiger partial charge in [0.15, 0.2) is 12.6 Å². The van der Waals surface area contributed by atoms with Crippen molar-refractivity contribution in [1.29, 1.82) is 0 Å². The van der Waals surface area contributed by atoms with Crippen LogP contribution in [-0.4, -0.2) is 211 Å². The number of aromatic nitrogens is 1. The molecule has 0 amide bonds. The van der Waals surface area contributed by atoms with Gasteiger partial charge in [0, 0.05) is 77.0 Å². The Balaban J connectivity index is 1.34. The summed E-state index contributed by atoms with van der Waals surface area (Å²) in [6.45, 7) is 19.3. The normalized spacial score (nSPS) is 37.8. The summed E-state index contributed by atoms with van der Waals surface area (Å²) in [5.41, 5.74) is -3.97. The number of carbonyl (C=O) groups is 2. The second kappa shape index (κ2) is 26.6. The molecule has 3 saturated heterocycles. The SMILES string of the molecule is CC[C@H]1OC(=O)[C@H](C)[C@@H](O[C@H]2C[C@@](C)(OC)[C@@H](OCCCOCC=Cc3ccc4c(c3)c(=O)c(C(=O)O)cn4N(C)C)[C@H](C)O2)[C@H](C)[C@@H](O[C@@H]2O[C@H](C)C[C@H](N(C)C)[C@H]2O)[C@](C)(O)C[C@@H](C)CN(C)[C@H](C)[C@@H](O)[C@]1(C)O. The van der Waals surface area contributed by atoms with Gasteiger partial charge in [0.1, 0.15) is 35.6 Å². The number of likely N-dealkylation sites (N-methyl/N-ethyl adjacent to an activating group) is 2. The molecule has 1 aromatic heterocycles. The quantitative estimate of drug-likeness (QED) is 0.110. The molecule has 432 valence electrons. The molecule has 5 rings (SSSR count). The van der Waals surface area contributed by atoms with E-state index in [1.165, 1.54) is 13.1 Å². The fourth-order valence-corrected chi connectivity index (χ4v) is 11.7. The molecule has 18 atom stereocenters. The first-order valence-electron chi connectivity index (χ1n) is 27.0. The number of aliphatic hydroxyl groups excluding tert-OH is 2. The van der Waals surface area contributed by atoms with Crippen LogP contribution in [0, 0.1) is 17.8 Å². The Morgan fingerprint density at radius 2 is 1.63 bits per heavy atom. The summed E-state index contributed by atoms with van der Waals surface area (Å²) in [5.74, 6) is -4.02. The van der Waals surface area contributed by atoms with Crippen LogP contribution < -0.4 is 10.4 Å². The van der Waals surface area contributed by atoms with Gasteiger partial charge in [-0.15, -0.1) is 0 Å². The lowest BCUT2D eigenvalue weighted by Gasteiger charge is -2.49. The third kappa shape index (κ3) is 14.8. The number of carbonyl (C=O) groups excluding carboxylic acids is 1. The third-order valence-electron chi connectivity index (χ3n) is 16.1. The lowest BCUT2D eigenvalue weighted by molar-refractivity contribution is -0.320. The van der Waals surface area contributed by atoms with Gasteiger partial charge in [0.25, 0.3) is 0 Å². The number of fused-ring (bicyclic) bond motifs is 1. The maximum atomic E-state index is 14.6. The molecule has 20 heteroatoms. The van der Waals surface area contributed by atoms with Crippen LogP contribution in [0.4, 0.5) is 0 Å². The van der Waals surface area contributed by atoms with Crippen molar-refractivity contribution in [2.45, 2.75) is 192 Å². The molecule has 0 aliphatic carbocycles. The molecular formula is C56H92N4O16. The Labute approximate surface area is 450 Å². The second-order valence-electron chi connectivity index (χ2n) is 23.0. The number of benzene rings is 1. The Kier molecular flexibility index (Phi) is 22.1. The number of carboxylic acid groups (broad SMARTS) is 1. The van der Waals surface area contributed by atoms with Crippen molar-refractivity contribution in [3.8, 4) is 0 Å². The zero-order valence-corrected chi connectivity index (χ0v) is 48.0. The van der Waals surface area contributed by atoms with Gasteiger partial charge in [-0.05, 0) is 119 Å². The molecule has 5 N–H and O–H groups in total. The van der Waals surface area contributed by atoms with Gasteiger partial charge in [0.05, 0.1) is 53.7 Å². The van der Waals surface area contributed by atoms with Gasteiger partial charge in [-0.25, -0.2) is 4.79 Å². The maximum Gasteiger partial charge on any atom is 0.341 e. The highest BCUT2D eigenvalue weighted by Gasteiger charge is 2.53. The molecule has 0 bridgehead atoms. The molecule has 0 radical (unpaired) electrons. The highest BCUT2D eigenvalue weighted by atomic mass is 16.7. The number of cyclic esters (lactones) is 1. The number of ether oxygens (including phenoxy) is 8. The van der Waals surface area contributed by atoms with E-state index in [1.807, 2.05) is 83.8 Å². The largest absolute Gasteiger partial charge is 0.477 e. The van der Waals surface area contributed by atoms with E-state index in [9.17, 15) is 39.9 Å². The highest BCUT2D eigenvalue weighted by molar-refractivity contribution is 5.93. The highest BCUT2D eigenvalue weighted by Crippen LogP contribution is 2.41. The lowest BCUT2D eigenvalue weighted by atomic mass is 9.77. The fraction of sp³-hybridized carbons (Fsp3) is 0.768. The van der Waals surface area contributed by atoms with E-state index in [4.69, 9.17) is 37.9 Å². The maximum absolute atomic E-state index is 14.6. The van der Waals surface area contributed by atoms with E-state index < -0.39 is 107 Å². The van der Waals surface area contributed by atoms with Crippen molar-refractivity contribution in [1.82, 2.24) is 14.5 Å². The summed E-state index contributed by atoms with van der Waals surface area (Å²) in [6.07, 6.45) is -2.54. The van der Waals surface area contributed by atoms with Crippen molar-refractivity contribution < 1.29 is 73.0 Å². The number of aromatic carboxylic acids is 1. The van der Waals surface area contributed by atoms with Crippen LogP contribution in [0.15, 0.2) is 35.3 Å². The standard InChI is InChI=1S/C56H92N4O16/c1-17-43-56(10,68)48(63)36(6)59(15)30-32(2)28-54(8,67)49(76-53-46(62)42(57(11)12)26-33(3)72-53)34(4)47(35(5)52(66)74-43)75-44-29-55(9,69-16)50(37(7)73-44)71-25-19-24-70-23-18-20-38-21-22-41-39(27-38)45(61)40(51(64)65)31-60(41)58(13)14/h18,20-22,27,31-37,42-44,46-50,53,62-63,67-68H,17,19,23-26,28-30H2,1-16H3,(H,64,65)/t32-,33-,34+,35-,36-,37+,42+,43-,44+,46-,47+,48-,49-,50+,53+,54-,55-,56-/m1/s1. The molecular weight excluding hydrogens is 985 g/mol. The summed E-state index contributed by atoms with van der Waals surface area (Å²) in [5, 5.41) is 59.7. The molecule has 0 unspecified atom stereocenters. The van der Waals surface area contributed by atoms with Gasteiger partial charge in [-0.2, -0.15) is 0 Å². The average molecular weight is 1080 g/mol. The molecule has 20 nitrogen and oxygen atoms in total. The van der Waals surface area contributed by atoms with Crippen molar-refractivity contribution in [3.05, 3.63) is 51.8 Å². The molecule has 3 aliphatic heterocycles. The fourth-order valence-electron chi connectivity index (χ4n) is 11.7. The molecule has 3 fully saturated rings. The third-order valence-corrected chi connectivity index (χ3v) is 16.1. The monoisotopic (exact) mass is 1080 g/mol. The van der Waals surface area contributed by atoms with Gasteiger partial charge >= 0.3 is 11.9 Å². The molecule has 2 aromatic rings. The number of carboxylic acids is 1. The summed E-state index contributed by atoms with van der Waals surface area (Å²) in [4.78, 5) is 43.3. The number of hydrogen-bond acceptors (Lipinski definition) is 18. The second-order valence-corrected chi connectivity index (χ2v) is 23.0. The van der Waals surface area contributed by atoms with Crippen molar-refractivity contribution >= 4 is 28.9 Å². The lowest BCUT2D eigenvalue weighted by Crippen LogP contribution is -2.61. The van der Waals surface area contributed by atoms with Crippen LogP contribution in [0.1, 0.15) is 117 Å². The summed E-state index contributed by atoms with van der Waals surface area (Å²) in [7, 11) is 10.7. The first-order chi connectivity index (χ1) is 35.5. The minimum atomic E-state index is -1.84. The molecule has 3 aliphatic rings. The van der Waals surface area contributed by atoms with Crippen molar-refractivity contribution in [2.24, 2.45) is 17.8 Å². The number of rotatable bonds is 17. The van der Waals surface area contributed by atoms with Crippen LogP contribution in [-0.2, 0) is 42.7 Å². The number of aliphatic hydroxyl groups is 4. The van der Waals surface area contributed by atoms with E-state index in [-0.39, 0.29) is 54.9 Å². The Morgan fingerprint density at radius 3 is 2.25 bits per heavy atom. The molecule has 4 heterocycles. The van der Waals surface area contributed by atoms with Crippen molar-refractivity contribution in [2.75, 3.05) is 73.7 Å². The molecule has 1 aromatic carbocycles. The minimum absolute atomic E-state index is 0.175. The van der Waals surface area contributed by atoms with Crippen molar-refractivity contribution in [3.63, 3.8) is 0 Å². The predicted molar refractivity (Wildman–Crippen MR) is 288 cm³/mol. The summed E-state index contributed by atoms with van der Waals surface area (Å²) in [6, 6.07) is 4.42. The Morgan fingerprint density at radius 1 is 0.947 bits per heavy atom. The first-order valence-corrected chi connectivity index (χ1v) is 27.0. The molecule has 0 saturated carbocycles. The van der Waals surface area contributed by atoms with Crippen LogP contribution >= 0.6 is 0 Å². The zero-order valence-electron chi connectivity index (χ0n) is 48.0. The molecule has 0 spiro atoms. The van der Waals surface area contributed by atoms with Gasteiger partial charge in [-0.3, -0.25) is 14.3 Å². The number of nitrogens with zero attached hydrogens (tertiary/aromatic N) is 4. The van der Waals surface area contributed by atoms with E-state index >= 15 is 0 Å². The van der Waals surface area contributed by atoms with Crippen LogP contribution in [0.2, 0.25) is 0 Å². The van der Waals surface area contributed by atoms with Crippen LogP contribution in [0.3, 0.4) is 0 Å². The summed E-state index contributed by atoms with van der Waals surface area (Å²) < 4.78 is 53.0. The van der Waals surface area contributed by atoms with E-state index in [1.54, 1.807) is 70.7 Å². The number of hydrogen-bond donors (Lipinski definition) is 5. The minimum Gasteiger partial charge on any atom is -0.477 e. The smallest absolute Gasteiger partial charge is 0.341 e. The topological polar surface area (TPSA) is 241 Å². The average Bonchev–Trinajstić information content (AvgIpc) is 3.34. The Bertz CT molecular complexity index is 2310. The van der Waals surface area contributed by atoms with E-state index in [0.29, 0.717) is 43.7 Å². The zero-order chi connectivity index (χ0) is 56.8.